The van der Waals surface area contributed by atoms with E-state index < -0.39 is 0 Å². The van der Waals surface area contributed by atoms with Gasteiger partial charge in [0.05, 0.1) is 48.0 Å². The van der Waals surface area contributed by atoms with E-state index in [1.54, 1.807) is 31.2 Å². The van der Waals surface area contributed by atoms with Gasteiger partial charge in [-0.2, -0.15) is 19.8 Å². The van der Waals surface area contributed by atoms with E-state index in [9.17, 15) is 0 Å². The summed E-state index contributed by atoms with van der Waals surface area (Å²) in [5.41, 5.74) is 12.5. The fourth-order valence-corrected chi connectivity index (χ4v) is 8.74. The van der Waals surface area contributed by atoms with Crippen LogP contribution in [0.1, 0.15) is 44.5 Å². The Labute approximate surface area is 321 Å². The fraction of sp³-hybridized carbons (Fsp3) is 0.200. The predicted molar refractivity (Wildman–Crippen MR) is 212 cm³/mol. The largest absolute Gasteiger partial charge is 0.225 e. The quantitative estimate of drug-likeness (QED) is 0.120. The highest BCUT2D eigenvalue weighted by molar-refractivity contribution is 8.76. The first-order valence-corrected chi connectivity index (χ1v) is 19.7. The van der Waals surface area contributed by atoms with E-state index >= 15 is 0 Å². The average molecular weight is 751 g/mol. The number of aryl methyl sites for hydroxylation is 6. The first-order valence-electron chi connectivity index (χ1n) is 17.5. The molecule has 54 heavy (non-hydrogen) atoms. The van der Waals surface area contributed by atoms with Crippen molar-refractivity contribution in [2.75, 3.05) is 0 Å². The topological polar surface area (TPSA) is 123 Å². The Balaban J connectivity index is 1.19. The van der Waals surface area contributed by atoms with Gasteiger partial charge in [-0.25, -0.2) is 9.36 Å². The van der Waals surface area contributed by atoms with Gasteiger partial charge in [-0.3, -0.25) is 0 Å². The van der Waals surface area contributed by atoms with Crippen molar-refractivity contribution in [3.8, 4) is 34.2 Å². The van der Waals surface area contributed by atoms with Gasteiger partial charge in [0.15, 0.2) is 0 Å². The molecule has 0 fully saturated rings. The van der Waals surface area contributed by atoms with Crippen LogP contribution >= 0.6 is 21.6 Å². The molecule has 8 aromatic rings. The molecule has 0 aliphatic carbocycles. The Morgan fingerprint density at radius 1 is 0.500 bits per heavy atom. The lowest BCUT2D eigenvalue weighted by molar-refractivity contribution is 0.572. The van der Waals surface area contributed by atoms with E-state index in [0.717, 1.165) is 65.9 Å². The van der Waals surface area contributed by atoms with E-state index in [-0.39, 0.29) is 0 Å². The third kappa shape index (κ3) is 7.34. The second kappa shape index (κ2) is 14.9. The normalized spacial score (nSPS) is 11.4. The number of rotatable bonds is 11. The van der Waals surface area contributed by atoms with Gasteiger partial charge in [0.2, 0.25) is 11.6 Å². The van der Waals surface area contributed by atoms with Gasteiger partial charge in [0, 0.05) is 0 Å². The Hall–Kier alpha value is -5.86. The minimum Gasteiger partial charge on any atom is -0.225 e. The van der Waals surface area contributed by atoms with Crippen molar-refractivity contribution in [1.29, 1.82) is 0 Å². The average Bonchev–Trinajstić information content (AvgIpc) is 3.96. The molecular formula is C40H38N12S2. The number of benzene rings is 4. The molecule has 0 radical (unpaired) electrons. The molecule has 4 aromatic carbocycles. The third-order valence-electron chi connectivity index (χ3n) is 9.04. The van der Waals surface area contributed by atoms with Crippen molar-refractivity contribution >= 4 is 21.6 Å². The minimum absolute atomic E-state index is 0.492. The number of hydrogen-bond acceptors (Lipinski definition) is 10. The van der Waals surface area contributed by atoms with Crippen LogP contribution in [0.25, 0.3) is 34.2 Å². The lowest BCUT2D eigenvalue weighted by Gasteiger charge is -2.14. The van der Waals surface area contributed by atoms with E-state index in [2.05, 4.69) is 135 Å². The van der Waals surface area contributed by atoms with Gasteiger partial charge < -0.3 is 0 Å². The van der Waals surface area contributed by atoms with Crippen molar-refractivity contribution in [1.82, 2.24) is 60.0 Å². The highest BCUT2D eigenvalue weighted by atomic mass is 33.1. The maximum absolute atomic E-state index is 4.91. The zero-order chi connectivity index (χ0) is 37.3. The summed E-state index contributed by atoms with van der Waals surface area (Å²) in [6.45, 7) is 13.5. The number of hydrogen-bond donors (Lipinski definition) is 0. The van der Waals surface area contributed by atoms with Crippen molar-refractivity contribution in [3.63, 3.8) is 0 Å². The van der Waals surface area contributed by atoms with Crippen LogP contribution in [0.2, 0.25) is 0 Å². The molecular weight excluding hydrogens is 713 g/mol. The lowest BCUT2D eigenvalue weighted by Crippen LogP contribution is -2.04. The van der Waals surface area contributed by atoms with Crippen molar-refractivity contribution in [2.45, 2.75) is 64.7 Å². The lowest BCUT2D eigenvalue weighted by atomic mass is 10.1. The molecule has 4 heterocycles. The van der Waals surface area contributed by atoms with Gasteiger partial charge in [-0.1, -0.05) is 83.9 Å². The van der Waals surface area contributed by atoms with Crippen LogP contribution in [-0.4, -0.2) is 60.0 Å². The van der Waals surface area contributed by atoms with Crippen LogP contribution in [0.15, 0.2) is 107 Å². The summed E-state index contributed by atoms with van der Waals surface area (Å²) >= 11 is 0. The molecule has 0 atom stereocenters. The molecule has 0 aliphatic rings. The summed E-state index contributed by atoms with van der Waals surface area (Å²) in [6.07, 6.45) is 3.64. The molecule has 0 N–H and O–H groups in total. The highest BCUT2D eigenvalue weighted by Crippen LogP contribution is 2.46. The molecule has 8 rings (SSSR count). The summed E-state index contributed by atoms with van der Waals surface area (Å²) in [7, 11) is 3.11. The smallest absolute Gasteiger partial charge is 0.209 e. The molecule has 0 unspecified atom stereocenters. The highest BCUT2D eigenvalue weighted by Gasteiger charge is 2.25. The van der Waals surface area contributed by atoms with Crippen LogP contribution in [-0.2, 0) is 13.1 Å². The Bertz CT molecular complexity index is 2430. The summed E-state index contributed by atoms with van der Waals surface area (Å²) in [6, 6.07) is 29.4. The first-order chi connectivity index (χ1) is 26.2. The van der Waals surface area contributed by atoms with E-state index in [0.29, 0.717) is 24.7 Å². The third-order valence-corrected chi connectivity index (χ3v) is 11.4. The summed E-state index contributed by atoms with van der Waals surface area (Å²) in [4.78, 5) is 3.25. The van der Waals surface area contributed by atoms with Gasteiger partial charge in [0.1, 0.15) is 10.1 Å². The van der Waals surface area contributed by atoms with Crippen LogP contribution in [0, 0.1) is 41.5 Å². The van der Waals surface area contributed by atoms with Crippen LogP contribution in [0.3, 0.4) is 0 Å². The number of tetrazole rings is 2. The van der Waals surface area contributed by atoms with E-state index in [4.69, 9.17) is 20.4 Å². The Kier molecular flexibility index (Phi) is 9.69. The molecule has 0 aliphatic heterocycles. The van der Waals surface area contributed by atoms with Crippen molar-refractivity contribution < 1.29 is 0 Å². The second-order valence-electron chi connectivity index (χ2n) is 13.6. The van der Waals surface area contributed by atoms with Crippen molar-refractivity contribution in [2.24, 2.45) is 0 Å². The van der Waals surface area contributed by atoms with Gasteiger partial charge in [-0.05, 0) is 119 Å². The first kappa shape index (κ1) is 35.2. The summed E-state index contributed by atoms with van der Waals surface area (Å²) < 4.78 is 3.93. The molecule has 4 aromatic heterocycles. The molecule has 0 spiro atoms. The van der Waals surface area contributed by atoms with Gasteiger partial charge in [-0.15, -0.1) is 20.4 Å². The number of nitrogens with zero attached hydrogens (tertiary/aromatic N) is 12. The molecule has 0 amide bonds. The standard InChI is InChI=1S/C40H38N12S2/c1-25-9-7-11-31(17-25)23-49-45-37(43-47-49)33-21-41-51(35-19-27(3)13-15-29(35)5)39(33)53-54-40-34(22-42-52(40)36-20-28(4)14-16-30(36)6)38-44-48-50(46-38)24-32-12-8-10-26(2)18-32/h7-22H,23-24H2,1-6H3. The van der Waals surface area contributed by atoms with Crippen LogP contribution < -0.4 is 0 Å². The maximum Gasteiger partial charge on any atom is 0.209 e. The molecule has 0 bridgehead atoms. The molecule has 0 saturated heterocycles. The number of aromatic nitrogens is 12. The molecule has 0 saturated carbocycles. The molecule has 12 nitrogen and oxygen atoms in total. The Morgan fingerprint density at radius 3 is 1.35 bits per heavy atom. The van der Waals surface area contributed by atoms with Gasteiger partial charge in [0.25, 0.3) is 0 Å². The predicted octanol–water partition coefficient (Wildman–Crippen LogP) is 8.11. The second-order valence-corrected chi connectivity index (χ2v) is 15.7. The molecule has 270 valence electrons. The van der Waals surface area contributed by atoms with Gasteiger partial charge >= 0.3 is 0 Å². The maximum atomic E-state index is 4.91. The SMILES string of the molecule is Cc1cccc(Cn2nnc(-c3cnn(-c4cc(C)ccc4C)c3SSc3c(-c4nnn(Cc5cccc(C)c5)n4)cnn3-c3cc(C)ccc3C)n2)c1. The summed E-state index contributed by atoms with van der Waals surface area (Å²) in [5.74, 6) is 0.984. The van der Waals surface area contributed by atoms with Crippen molar-refractivity contribution in [3.05, 3.63) is 142 Å². The molecule has 14 heteroatoms. The minimum atomic E-state index is 0.492. The zero-order valence-electron chi connectivity index (χ0n) is 30.8. The zero-order valence-corrected chi connectivity index (χ0v) is 32.5. The Morgan fingerprint density at radius 2 is 0.926 bits per heavy atom. The van der Waals surface area contributed by atoms with Crippen LogP contribution in [0.4, 0.5) is 0 Å². The van der Waals surface area contributed by atoms with E-state index in [1.165, 1.54) is 11.1 Å². The fourth-order valence-electron chi connectivity index (χ4n) is 6.24. The van der Waals surface area contributed by atoms with Crippen LogP contribution in [0.5, 0.6) is 0 Å². The monoisotopic (exact) mass is 750 g/mol. The summed E-state index contributed by atoms with van der Waals surface area (Å²) in [5, 5.41) is 39.0. The van der Waals surface area contributed by atoms with E-state index in [1.807, 2.05) is 33.9 Å².